The highest BCUT2D eigenvalue weighted by Crippen LogP contribution is 2.22. The molecule has 0 saturated carbocycles. The van der Waals surface area contributed by atoms with Gasteiger partial charge < -0.3 is 9.64 Å². The quantitative estimate of drug-likeness (QED) is 0.851. The first-order chi connectivity index (χ1) is 8.20. The van der Waals surface area contributed by atoms with Crippen molar-refractivity contribution in [2.75, 3.05) is 23.9 Å². The van der Waals surface area contributed by atoms with Gasteiger partial charge in [0.05, 0.1) is 7.11 Å². The van der Waals surface area contributed by atoms with E-state index in [-0.39, 0.29) is 5.91 Å². The summed E-state index contributed by atoms with van der Waals surface area (Å²) in [5.74, 6) is 0.152. The van der Waals surface area contributed by atoms with E-state index < -0.39 is 6.09 Å². The van der Waals surface area contributed by atoms with E-state index in [4.69, 9.17) is 0 Å². The van der Waals surface area contributed by atoms with Gasteiger partial charge in [0.25, 0.3) is 0 Å². The largest absolute Gasteiger partial charge is 0.453 e. The summed E-state index contributed by atoms with van der Waals surface area (Å²) in [6.07, 6.45) is 1.01. The molecule has 0 radical (unpaired) electrons. The molecule has 1 aromatic rings. The Kier molecular flexibility index (Phi) is 3.27. The average Bonchev–Trinajstić information content (AvgIpc) is 2.76. The van der Waals surface area contributed by atoms with Crippen LogP contribution < -0.4 is 10.2 Å². The number of anilines is 2. The van der Waals surface area contributed by atoms with Crippen LogP contribution in [0.3, 0.4) is 0 Å². The first kappa shape index (κ1) is 11.4. The Hall–Kier alpha value is -2.04. The van der Waals surface area contributed by atoms with Crippen LogP contribution in [0.1, 0.15) is 12.8 Å². The van der Waals surface area contributed by atoms with Gasteiger partial charge in [-0.15, -0.1) is 0 Å². The second kappa shape index (κ2) is 4.86. The number of nitrogens with zero attached hydrogens (tertiary/aromatic N) is 1. The molecule has 90 valence electrons. The van der Waals surface area contributed by atoms with E-state index in [0.29, 0.717) is 12.1 Å². The molecule has 2 rings (SSSR count). The molecule has 0 aliphatic carbocycles. The first-order valence-corrected chi connectivity index (χ1v) is 5.46. The Morgan fingerprint density at radius 1 is 1.35 bits per heavy atom. The lowest BCUT2D eigenvalue weighted by atomic mass is 10.2. The number of ether oxygens (including phenoxy) is 1. The van der Waals surface area contributed by atoms with Crippen molar-refractivity contribution in [2.24, 2.45) is 0 Å². The van der Waals surface area contributed by atoms with E-state index in [1.54, 1.807) is 17.0 Å². The third-order valence-corrected chi connectivity index (χ3v) is 2.68. The van der Waals surface area contributed by atoms with Gasteiger partial charge in [0, 0.05) is 24.3 Å². The molecule has 1 aliphatic rings. The van der Waals surface area contributed by atoms with Gasteiger partial charge in [-0.3, -0.25) is 10.1 Å². The molecule has 1 heterocycles. The van der Waals surface area contributed by atoms with Crippen LogP contribution in [0.2, 0.25) is 0 Å². The van der Waals surface area contributed by atoms with Crippen LogP contribution in [0.5, 0.6) is 0 Å². The van der Waals surface area contributed by atoms with E-state index in [2.05, 4.69) is 10.1 Å². The molecule has 0 aromatic heterocycles. The summed E-state index contributed by atoms with van der Waals surface area (Å²) in [5.41, 5.74) is 1.51. The summed E-state index contributed by atoms with van der Waals surface area (Å²) in [6, 6.07) is 7.12. The zero-order chi connectivity index (χ0) is 12.3. The van der Waals surface area contributed by atoms with Gasteiger partial charge in [0.15, 0.2) is 0 Å². The summed E-state index contributed by atoms with van der Waals surface area (Å²) in [5, 5.41) is 2.56. The molecule has 1 fully saturated rings. The molecule has 0 spiro atoms. The monoisotopic (exact) mass is 234 g/mol. The fraction of sp³-hybridized carbons (Fsp3) is 0.333. The molecule has 1 N–H and O–H groups in total. The van der Waals surface area contributed by atoms with Crippen molar-refractivity contribution < 1.29 is 14.3 Å². The van der Waals surface area contributed by atoms with Crippen LogP contribution >= 0.6 is 0 Å². The van der Waals surface area contributed by atoms with Crippen molar-refractivity contribution in [1.29, 1.82) is 0 Å². The van der Waals surface area contributed by atoms with Crippen LogP contribution in [0.4, 0.5) is 16.2 Å². The zero-order valence-corrected chi connectivity index (χ0v) is 9.60. The van der Waals surface area contributed by atoms with Crippen LogP contribution in [-0.2, 0) is 9.53 Å². The van der Waals surface area contributed by atoms with Gasteiger partial charge in [-0.1, -0.05) is 0 Å². The molecule has 0 atom stereocenters. The van der Waals surface area contributed by atoms with Crippen LogP contribution in [0, 0.1) is 0 Å². The molecule has 2 amide bonds. The van der Waals surface area contributed by atoms with Crippen LogP contribution in [0.25, 0.3) is 0 Å². The van der Waals surface area contributed by atoms with E-state index >= 15 is 0 Å². The Morgan fingerprint density at radius 3 is 2.59 bits per heavy atom. The second-order valence-corrected chi connectivity index (χ2v) is 3.81. The standard InChI is InChI=1S/C12H14N2O3/c1-17-12(16)13-9-4-6-10(7-5-9)14-8-2-3-11(14)15/h4-7H,2-3,8H2,1H3,(H,13,16). The van der Waals surface area contributed by atoms with Gasteiger partial charge in [-0.25, -0.2) is 4.79 Å². The lowest BCUT2D eigenvalue weighted by Gasteiger charge is -2.15. The maximum absolute atomic E-state index is 11.5. The molecule has 17 heavy (non-hydrogen) atoms. The van der Waals surface area contributed by atoms with Gasteiger partial charge >= 0.3 is 6.09 Å². The third kappa shape index (κ3) is 2.55. The molecule has 1 aromatic carbocycles. The molecule has 1 aliphatic heterocycles. The molecule has 5 nitrogen and oxygen atoms in total. The van der Waals surface area contributed by atoms with Crippen LogP contribution in [0.15, 0.2) is 24.3 Å². The topological polar surface area (TPSA) is 58.6 Å². The number of carbonyl (C=O) groups excluding carboxylic acids is 2. The molecule has 1 saturated heterocycles. The molecular weight excluding hydrogens is 220 g/mol. The Bertz CT molecular complexity index is 428. The number of methoxy groups -OCH3 is 1. The summed E-state index contributed by atoms with van der Waals surface area (Å²) in [7, 11) is 1.31. The maximum Gasteiger partial charge on any atom is 0.411 e. The predicted octanol–water partition coefficient (Wildman–Crippen LogP) is 1.99. The summed E-state index contributed by atoms with van der Waals surface area (Å²) in [4.78, 5) is 24.2. The lowest BCUT2D eigenvalue weighted by Crippen LogP contribution is -2.23. The van der Waals surface area contributed by atoms with Gasteiger partial charge in [-0.2, -0.15) is 0 Å². The number of carbonyl (C=O) groups is 2. The number of benzene rings is 1. The average molecular weight is 234 g/mol. The fourth-order valence-electron chi connectivity index (χ4n) is 1.81. The van der Waals surface area contributed by atoms with Crippen molar-refractivity contribution in [1.82, 2.24) is 0 Å². The van der Waals surface area contributed by atoms with E-state index in [1.807, 2.05) is 12.1 Å². The molecular formula is C12H14N2O3. The van der Waals surface area contributed by atoms with Crippen LogP contribution in [-0.4, -0.2) is 25.7 Å². The minimum Gasteiger partial charge on any atom is -0.453 e. The summed E-state index contributed by atoms with van der Waals surface area (Å²) < 4.78 is 4.49. The fourth-order valence-corrected chi connectivity index (χ4v) is 1.81. The molecule has 5 heteroatoms. The van der Waals surface area contributed by atoms with E-state index in [1.165, 1.54) is 7.11 Å². The van der Waals surface area contributed by atoms with E-state index in [0.717, 1.165) is 18.7 Å². The molecule has 0 bridgehead atoms. The van der Waals surface area contributed by atoms with Crippen molar-refractivity contribution >= 4 is 23.4 Å². The highest BCUT2D eigenvalue weighted by Gasteiger charge is 2.21. The molecule has 0 unspecified atom stereocenters. The summed E-state index contributed by atoms with van der Waals surface area (Å²) in [6.45, 7) is 0.766. The number of rotatable bonds is 2. The lowest BCUT2D eigenvalue weighted by molar-refractivity contribution is -0.117. The first-order valence-electron chi connectivity index (χ1n) is 5.46. The number of amides is 2. The highest BCUT2D eigenvalue weighted by atomic mass is 16.5. The SMILES string of the molecule is COC(=O)Nc1ccc(N2CCCC2=O)cc1. The smallest absolute Gasteiger partial charge is 0.411 e. The van der Waals surface area contributed by atoms with Crippen molar-refractivity contribution in [3.05, 3.63) is 24.3 Å². The maximum atomic E-state index is 11.5. The van der Waals surface area contributed by atoms with Gasteiger partial charge in [0.2, 0.25) is 5.91 Å². The van der Waals surface area contributed by atoms with E-state index in [9.17, 15) is 9.59 Å². The van der Waals surface area contributed by atoms with Crippen molar-refractivity contribution in [3.8, 4) is 0 Å². The third-order valence-electron chi connectivity index (χ3n) is 2.68. The summed E-state index contributed by atoms with van der Waals surface area (Å²) >= 11 is 0. The normalized spacial score (nSPS) is 14.9. The van der Waals surface area contributed by atoms with Gasteiger partial charge in [0.1, 0.15) is 0 Å². The number of nitrogens with one attached hydrogen (secondary N) is 1. The number of hydrogen-bond donors (Lipinski definition) is 1. The Labute approximate surface area is 99.4 Å². The van der Waals surface area contributed by atoms with Crippen molar-refractivity contribution in [3.63, 3.8) is 0 Å². The number of hydrogen-bond acceptors (Lipinski definition) is 3. The minimum absolute atomic E-state index is 0.152. The second-order valence-electron chi connectivity index (χ2n) is 3.81. The Morgan fingerprint density at radius 2 is 2.06 bits per heavy atom. The van der Waals surface area contributed by atoms with Crippen molar-refractivity contribution in [2.45, 2.75) is 12.8 Å². The predicted molar refractivity (Wildman–Crippen MR) is 64.1 cm³/mol. The zero-order valence-electron chi connectivity index (χ0n) is 9.60. The van der Waals surface area contributed by atoms with Gasteiger partial charge in [-0.05, 0) is 30.7 Å². The minimum atomic E-state index is -0.505. The highest BCUT2D eigenvalue weighted by molar-refractivity contribution is 5.95. The Balaban J connectivity index is 2.07.